The highest BCUT2D eigenvalue weighted by atomic mass is 16.5. The highest BCUT2D eigenvalue weighted by Gasteiger charge is 2.40. The molecule has 0 aromatic carbocycles. The van der Waals surface area contributed by atoms with Gasteiger partial charge in [-0.3, -0.25) is 4.79 Å². The normalized spacial score (nSPS) is 22.5. The Morgan fingerprint density at radius 1 is 1.41 bits per heavy atom. The molecule has 2 rings (SSSR count). The van der Waals surface area contributed by atoms with Crippen LogP contribution in [-0.2, 0) is 9.53 Å². The second-order valence-electron chi connectivity index (χ2n) is 5.04. The smallest absolute Gasteiger partial charge is 0.312 e. The van der Waals surface area contributed by atoms with Gasteiger partial charge in [0.25, 0.3) is 0 Å². The van der Waals surface area contributed by atoms with Crippen LogP contribution < -0.4 is 5.32 Å². The van der Waals surface area contributed by atoms with Crippen molar-refractivity contribution in [1.29, 1.82) is 0 Å². The number of carbonyl (C=O) groups excluding carboxylic acids is 1. The van der Waals surface area contributed by atoms with E-state index < -0.39 is 0 Å². The molecule has 3 heteroatoms. The van der Waals surface area contributed by atoms with E-state index in [-0.39, 0.29) is 11.4 Å². The van der Waals surface area contributed by atoms with Gasteiger partial charge in [0.15, 0.2) is 0 Å². The number of ether oxygens (including phenoxy) is 1. The summed E-state index contributed by atoms with van der Waals surface area (Å²) in [6.45, 7) is 0.884. The number of methoxy groups -OCH3 is 1. The van der Waals surface area contributed by atoms with Gasteiger partial charge >= 0.3 is 5.97 Å². The zero-order valence-electron chi connectivity index (χ0n) is 10.5. The third kappa shape index (κ3) is 2.71. The molecule has 1 fully saturated rings. The van der Waals surface area contributed by atoms with Crippen LogP contribution in [-0.4, -0.2) is 19.6 Å². The van der Waals surface area contributed by atoms with E-state index in [1.165, 1.54) is 19.1 Å². The molecule has 0 saturated heterocycles. The average molecular weight is 235 g/mol. The van der Waals surface area contributed by atoms with E-state index in [1.807, 2.05) is 6.20 Å². The van der Waals surface area contributed by atoms with Crippen LogP contribution in [0, 0.1) is 5.41 Å². The van der Waals surface area contributed by atoms with Crippen LogP contribution in [0.1, 0.15) is 38.5 Å². The summed E-state index contributed by atoms with van der Waals surface area (Å²) in [7, 11) is 1.50. The van der Waals surface area contributed by atoms with E-state index in [2.05, 4.69) is 17.5 Å². The molecule has 1 N–H and O–H groups in total. The molecule has 0 atom stereocenters. The maximum atomic E-state index is 12.1. The van der Waals surface area contributed by atoms with Crippen molar-refractivity contribution in [2.24, 2.45) is 5.41 Å². The van der Waals surface area contributed by atoms with Crippen LogP contribution in [0.25, 0.3) is 0 Å². The first-order valence-electron chi connectivity index (χ1n) is 6.44. The number of rotatable bonds is 3. The summed E-state index contributed by atoms with van der Waals surface area (Å²) in [5, 5.41) is 3.20. The second kappa shape index (κ2) is 5.39. The maximum absolute atomic E-state index is 12.1. The third-order valence-electron chi connectivity index (χ3n) is 3.83. The van der Waals surface area contributed by atoms with Crippen molar-refractivity contribution in [1.82, 2.24) is 5.32 Å². The van der Waals surface area contributed by atoms with Gasteiger partial charge in [0.2, 0.25) is 0 Å². The number of allylic oxidation sites excluding steroid dienone is 2. The lowest BCUT2D eigenvalue weighted by Gasteiger charge is -2.35. The minimum Gasteiger partial charge on any atom is -0.469 e. The average Bonchev–Trinajstić information content (AvgIpc) is 2.40. The van der Waals surface area contributed by atoms with Crippen LogP contribution in [0.3, 0.4) is 0 Å². The first-order valence-corrected chi connectivity index (χ1v) is 6.44. The van der Waals surface area contributed by atoms with Crippen molar-refractivity contribution in [3.05, 3.63) is 23.9 Å². The molecule has 17 heavy (non-hydrogen) atoms. The summed E-state index contributed by atoms with van der Waals surface area (Å²) in [6.07, 6.45) is 12.5. The van der Waals surface area contributed by atoms with E-state index in [0.717, 1.165) is 38.6 Å². The van der Waals surface area contributed by atoms with E-state index in [1.54, 1.807) is 0 Å². The highest BCUT2D eigenvalue weighted by Crippen LogP contribution is 2.42. The summed E-state index contributed by atoms with van der Waals surface area (Å²) in [5.41, 5.74) is 0.936. The molecule has 0 aromatic heterocycles. The van der Waals surface area contributed by atoms with Gasteiger partial charge in [-0.15, -0.1) is 0 Å². The SMILES string of the molecule is COC(=O)C1(CC2=CNCC=C2)CCCCC1. The number of esters is 1. The van der Waals surface area contributed by atoms with Crippen LogP contribution in [0.4, 0.5) is 0 Å². The minimum atomic E-state index is -0.276. The molecule has 0 bridgehead atoms. The van der Waals surface area contributed by atoms with Crippen LogP contribution in [0.15, 0.2) is 23.9 Å². The standard InChI is InChI=1S/C14H21NO2/c1-17-13(16)14(7-3-2-4-8-14)10-12-6-5-9-15-11-12/h5-6,11,15H,2-4,7-10H2,1H3. The van der Waals surface area contributed by atoms with Crippen LogP contribution in [0.2, 0.25) is 0 Å². The number of hydrogen-bond donors (Lipinski definition) is 1. The van der Waals surface area contributed by atoms with E-state index >= 15 is 0 Å². The molecule has 2 aliphatic rings. The van der Waals surface area contributed by atoms with Gasteiger partial charge in [-0.2, -0.15) is 0 Å². The van der Waals surface area contributed by atoms with Gasteiger partial charge in [-0.25, -0.2) is 0 Å². The topological polar surface area (TPSA) is 38.3 Å². The maximum Gasteiger partial charge on any atom is 0.312 e. The van der Waals surface area contributed by atoms with Crippen molar-refractivity contribution in [3.8, 4) is 0 Å². The Balaban J connectivity index is 2.12. The minimum absolute atomic E-state index is 0.0305. The molecular formula is C14H21NO2. The monoisotopic (exact) mass is 235 g/mol. The first kappa shape index (κ1) is 12.2. The van der Waals surface area contributed by atoms with Crippen molar-refractivity contribution in [2.45, 2.75) is 38.5 Å². The lowest BCUT2D eigenvalue weighted by Crippen LogP contribution is -2.35. The van der Waals surface area contributed by atoms with Crippen molar-refractivity contribution in [3.63, 3.8) is 0 Å². The number of nitrogens with one attached hydrogen (secondary N) is 1. The Kier molecular flexibility index (Phi) is 3.87. The summed E-state index contributed by atoms with van der Waals surface area (Å²) in [5.74, 6) is -0.0305. The van der Waals surface area contributed by atoms with Gasteiger partial charge in [-0.1, -0.05) is 31.4 Å². The Bertz CT molecular complexity index is 338. The summed E-state index contributed by atoms with van der Waals surface area (Å²) < 4.78 is 5.02. The molecule has 0 aromatic rings. The zero-order valence-corrected chi connectivity index (χ0v) is 10.5. The van der Waals surface area contributed by atoms with Crippen molar-refractivity contribution >= 4 is 5.97 Å². The Labute approximate surface area is 103 Å². The van der Waals surface area contributed by atoms with Crippen molar-refractivity contribution < 1.29 is 9.53 Å². The fourth-order valence-corrected chi connectivity index (χ4v) is 2.92. The number of dihydropyridines is 1. The van der Waals surface area contributed by atoms with Crippen LogP contribution in [0.5, 0.6) is 0 Å². The molecule has 0 radical (unpaired) electrons. The second-order valence-corrected chi connectivity index (χ2v) is 5.04. The number of carbonyl (C=O) groups is 1. The molecule has 0 spiro atoms. The quantitative estimate of drug-likeness (QED) is 0.764. The molecule has 1 heterocycles. The first-order chi connectivity index (χ1) is 8.27. The van der Waals surface area contributed by atoms with E-state index in [4.69, 9.17) is 4.74 Å². The van der Waals surface area contributed by atoms with Gasteiger partial charge in [-0.05, 0) is 31.0 Å². The predicted molar refractivity (Wildman–Crippen MR) is 67.4 cm³/mol. The summed E-state index contributed by atoms with van der Waals surface area (Å²) in [6, 6.07) is 0. The molecule has 0 amide bonds. The third-order valence-corrected chi connectivity index (χ3v) is 3.83. The largest absolute Gasteiger partial charge is 0.469 e. The number of hydrogen-bond acceptors (Lipinski definition) is 3. The molecule has 94 valence electrons. The van der Waals surface area contributed by atoms with Gasteiger partial charge < -0.3 is 10.1 Å². The van der Waals surface area contributed by atoms with E-state index in [0.29, 0.717) is 0 Å². The van der Waals surface area contributed by atoms with Gasteiger partial charge in [0.05, 0.1) is 12.5 Å². The Morgan fingerprint density at radius 3 is 2.76 bits per heavy atom. The molecule has 1 aliphatic carbocycles. The molecular weight excluding hydrogens is 214 g/mol. The predicted octanol–water partition coefficient (Wildman–Crippen LogP) is 2.54. The molecule has 0 unspecified atom stereocenters. The van der Waals surface area contributed by atoms with Gasteiger partial charge in [0.1, 0.15) is 0 Å². The molecule has 1 saturated carbocycles. The van der Waals surface area contributed by atoms with E-state index in [9.17, 15) is 4.79 Å². The molecule has 3 nitrogen and oxygen atoms in total. The summed E-state index contributed by atoms with van der Waals surface area (Å²) in [4.78, 5) is 12.1. The van der Waals surface area contributed by atoms with Crippen LogP contribution >= 0.6 is 0 Å². The van der Waals surface area contributed by atoms with Crippen molar-refractivity contribution in [2.75, 3.05) is 13.7 Å². The lowest BCUT2D eigenvalue weighted by atomic mass is 9.70. The fourth-order valence-electron chi connectivity index (χ4n) is 2.92. The lowest BCUT2D eigenvalue weighted by molar-refractivity contribution is -0.154. The Morgan fingerprint density at radius 2 is 2.18 bits per heavy atom. The molecule has 1 aliphatic heterocycles. The Hall–Kier alpha value is -1.25. The fraction of sp³-hybridized carbons (Fsp3) is 0.643. The summed E-state index contributed by atoms with van der Waals surface area (Å²) >= 11 is 0. The zero-order chi connectivity index (χ0) is 12.1. The van der Waals surface area contributed by atoms with Gasteiger partial charge in [0, 0.05) is 6.54 Å². The highest BCUT2D eigenvalue weighted by molar-refractivity contribution is 5.77.